The van der Waals surface area contributed by atoms with E-state index in [-0.39, 0.29) is 0 Å². The van der Waals surface area contributed by atoms with E-state index in [1.54, 1.807) is 0 Å². The summed E-state index contributed by atoms with van der Waals surface area (Å²) < 4.78 is 135. The first-order chi connectivity index (χ1) is 13.8. The fourth-order valence-corrected chi connectivity index (χ4v) is 3.81. The van der Waals surface area contributed by atoms with E-state index in [2.05, 4.69) is 52.9 Å². The summed E-state index contributed by atoms with van der Waals surface area (Å²) in [7, 11) is -7.17. The summed E-state index contributed by atoms with van der Waals surface area (Å²) in [4.78, 5) is 0. The van der Waals surface area contributed by atoms with Gasteiger partial charge in [0.1, 0.15) is 0 Å². The number of alkyl halides is 9. The first-order valence-electron chi connectivity index (χ1n) is 7.54. The largest absolute Gasteiger partial charge is 0.460 e. The standard InChI is InChI=1S/C12H6ClI.C4HF9O3S/c13-10-6-5-9-7-3-1-2-4-8(7)11(9)12(10)14;5-1(6,3(9,10)11)2(7,8)4(12,13)17(14,15)16/h1-6H;(H,14,15,16). The van der Waals surface area contributed by atoms with Crippen molar-refractivity contribution < 1.29 is 52.5 Å². The third-order valence-electron chi connectivity index (χ3n) is 4.02. The van der Waals surface area contributed by atoms with E-state index < -0.39 is 33.4 Å². The first-order valence-corrected chi connectivity index (χ1v) is 10.4. The van der Waals surface area contributed by atoms with Crippen LogP contribution in [0.15, 0.2) is 36.4 Å². The Kier molecular flexibility index (Phi) is 6.67. The summed E-state index contributed by atoms with van der Waals surface area (Å²) in [6.07, 6.45) is -7.13. The van der Waals surface area contributed by atoms with Gasteiger partial charge >= 0.3 is 33.4 Å². The van der Waals surface area contributed by atoms with Gasteiger partial charge in [-0.15, -0.1) is 0 Å². The Labute approximate surface area is 187 Å². The van der Waals surface area contributed by atoms with Gasteiger partial charge in [0.2, 0.25) is 0 Å². The van der Waals surface area contributed by atoms with Gasteiger partial charge in [0.25, 0.3) is 0 Å². The molecule has 1 aliphatic carbocycles. The highest BCUT2D eigenvalue weighted by Crippen LogP contribution is 2.54. The van der Waals surface area contributed by atoms with Crippen LogP contribution in [0.5, 0.6) is 0 Å². The molecule has 0 aliphatic heterocycles. The number of rotatable bonds is 3. The van der Waals surface area contributed by atoms with E-state index in [1.807, 2.05) is 6.07 Å². The Morgan fingerprint density at radius 3 is 1.71 bits per heavy atom. The molecule has 0 radical (unpaired) electrons. The van der Waals surface area contributed by atoms with Gasteiger partial charge in [0.15, 0.2) is 0 Å². The number of fused-ring (bicyclic) bond motifs is 4. The summed E-state index contributed by atoms with van der Waals surface area (Å²) in [5.41, 5.74) is 5.31. The molecular formula is C16H7ClF9IO3S. The average molecular weight is 613 g/mol. The van der Waals surface area contributed by atoms with Crippen LogP contribution in [0.2, 0.25) is 5.02 Å². The van der Waals surface area contributed by atoms with Gasteiger partial charge in [-0.1, -0.05) is 41.9 Å². The van der Waals surface area contributed by atoms with Gasteiger partial charge in [-0.05, 0) is 45.3 Å². The molecule has 0 unspecified atom stereocenters. The van der Waals surface area contributed by atoms with Crippen LogP contribution in [0.1, 0.15) is 0 Å². The second-order valence-electron chi connectivity index (χ2n) is 5.97. The molecule has 15 heteroatoms. The molecule has 0 spiro atoms. The van der Waals surface area contributed by atoms with Crippen LogP contribution < -0.4 is 0 Å². The number of hydrogen-bond donors (Lipinski definition) is 1. The second kappa shape index (κ2) is 7.95. The zero-order valence-electron chi connectivity index (χ0n) is 14.3. The fraction of sp³-hybridized carbons (Fsp3) is 0.250. The van der Waals surface area contributed by atoms with E-state index in [9.17, 15) is 47.9 Å². The Hall–Kier alpha value is -1.26. The Morgan fingerprint density at radius 2 is 1.26 bits per heavy atom. The highest BCUT2D eigenvalue weighted by molar-refractivity contribution is 14.1. The predicted octanol–water partition coefficient (Wildman–Crippen LogP) is 6.89. The summed E-state index contributed by atoms with van der Waals surface area (Å²) in [6.45, 7) is 0. The van der Waals surface area contributed by atoms with E-state index in [0.29, 0.717) is 0 Å². The molecule has 1 N–H and O–H groups in total. The lowest BCUT2D eigenvalue weighted by molar-refractivity contribution is -0.382. The van der Waals surface area contributed by atoms with Crippen molar-refractivity contribution in [3.63, 3.8) is 0 Å². The molecule has 0 atom stereocenters. The van der Waals surface area contributed by atoms with Crippen molar-refractivity contribution in [1.29, 1.82) is 0 Å². The van der Waals surface area contributed by atoms with Crippen LogP contribution in [0.25, 0.3) is 22.3 Å². The monoisotopic (exact) mass is 612 g/mol. The lowest BCUT2D eigenvalue weighted by Gasteiger charge is -2.31. The quantitative estimate of drug-likeness (QED) is 0.199. The zero-order chi connectivity index (χ0) is 24.2. The molecular weight excluding hydrogens is 606 g/mol. The van der Waals surface area contributed by atoms with E-state index in [0.717, 1.165) is 5.02 Å². The third-order valence-corrected chi connectivity index (χ3v) is 6.68. The van der Waals surface area contributed by atoms with Gasteiger partial charge in [0.05, 0.1) is 5.02 Å². The molecule has 31 heavy (non-hydrogen) atoms. The minimum Gasteiger partial charge on any atom is -0.281 e. The molecule has 3 nitrogen and oxygen atoms in total. The fourth-order valence-electron chi connectivity index (χ4n) is 2.43. The minimum atomic E-state index is -7.37. The lowest BCUT2D eigenvalue weighted by atomic mass is 9.81. The lowest BCUT2D eigenvalue weighted by Crippen LogP contribution is -2.63. The van der Waals surface area contributed by atoms with Gasteiger partial charge < -0.3 is 0 Å². The van der Waals surface area contributed by atoms with Gasteiger partial charge in [-0.2, -0.15) is 47.9 Å². The van der Waals surface area contributed by atoms with Gasteiger partial charge in [-0.3, -0.25) is 4.55 Å². The van der Waals surface area contributed by atoms with Gasteiger partial charge in [-0.25, -0.2) is 0 Å². The molecule has 0 bridgehead atoms. The van der Waals surface area contributed by atoms with Crippen LogP contribution in [0.3, 0.4) is 0 Å². The van der Waals surface area contributed by atoms with Crippen molar-refractivity contribution in [2.24, 2.45) is 0 Å². The van der Waals surface area contributed by atoms with E-state index >= 15 is 0 Å². The summed E-state index contributed by atoms with van der Waals surface area (Å²) in [5, 5.41) is -6.15. The van der Waals surface area contributed by atoms with Crippen molar-refractivity contribution in [1.82, 2.24) is 0 Å². The topological polar surface area (TPSA) is 54.4 Å². The van der Waals surface area contributed by atoms with Crippen molar-refractivity contribution in [2.45, 2.75) is 23.3 Å². The molecule has 0 fully saturated rings. The normalized spacial score (nSPS) is 14.1. The Morgan fingerprint density at radius 1 is 0.774 bits per heavy atom. The molecule has 0 saturated heterocycles. The minimum absolute atomic E-state index is 0.846. The second-order valence-corrected chi connectivity index (χ2v) is 8.92. The zero-order valence-corrected chi connectivity index (χ0v) is 18.0. The smallest absolute Gasteiger partial charge is 0.281 e. The van der Waals surface area contributed by atoms with Gasteiger partial charge in [0, 0.05) is 9.13 Å². The van der Waals surface area contributed by atoms with Crippen molar-refractivity contribution >= 4 is 44.3 Å². The molecule has 2 aromatic carbocycles. The van der Waals surface area contributed by atoms with E-state index in [1.165, 1.54) is 25.8 Å². The van der Waals surface area contributed by atoms with Crippen LogP contribution in [0, 0.1) is 3.57 Å². The number of benzene rings is 2. The molecule has 0 saturated carbocycles. The highest BCUT2D eigenvalue weighted by Gasteiger charge is 2.85. The first kappa shape index (κ1) is 26.0. The molecule has 0 amide bonds. The predicted molar refractivity (Wildman–Crippen MR) is 101 cm³/mol. The Balaban J connectivity index is 0.000000222. The molecule has 3 rings (SSSR count). The van der Waals surface area contributed by atoms with Crippen LogP contribution >= 0.6 is 34.2 Å². The SMILES string of the molecule is Clc1ccc2c(c1I)-c1ccccc1-2.O=S(=O)(O)C(F)(F)C(F)(F)C(F)(F)C(F)(F)F. The summed E-state index contributed by atoms with van der Waals surface area (Å²) in [5.74, 6) is -14.7. The molecule has 0 heterocycles. The average Bonchev–Trinajstić information content (AvgIpc) is 2.60. The molecule has 0 aromatic heterocycles. The summed E-state index contributed by atoms with van der Waals surface area (Å²) in [6, 6.07) is 12.5. The Bertz CT molecular complexity index is 1120. The van der Waals surface area contributed by atoms with Crippen molar-refractivity contribution in [3.8, 4) is 22.3 Å². The number of hydrogen-bond acceptors (Lipinski definition) is 2. The van der Waals surface area contributed by atoms with Crippen LogP contribution in [-0.2, 0) is 10.1 Å². The van der Waals surface area contributed by atoms with Crippen molar-refractivity contribution in [2.75, 3.05) is 0 Å². The molecule has 1 aliphatic rings. The third kappa shape index (κ3) is 4.11. The summed E-state index contributed by atoms with van der Waals surface area (Å²) >= 11 is 8.39. The van der Waals surface area contributed by atoms with E-state index in [4.69, 9.17) is 16.2 Å². The maximum Gasteiger partial charge on any atom is 0.460 e. The highest BCUT2D eigenvalue weighted by atomic mass is 127. The van der Waals surface area contributed by atoms with Crippen molar-refractivity contribution in [3.05, 3.63) is 45.0 Å². The number of halogens is 11. The maximum absolute atomic E-state index is 12.2. The molecule has 2 aromatic rings. The van der Waals surface area contributed by atoms with Crippen LogP contribution in [-0.4, -0.2) is 36.2 Å². The molecule has 172 valence electrons. The van der Waals surface area contributed by atoms with Crippen LogP contribution in [0.4, 0.5) is 39.5 Å². The maximum atomic E-state index is 12.2.